The summed E-state index contributed by atoms with van der Waals surface area (Å²) in [4.78, 5) is 15.5. The van der Waals surface area contributed by atoms with Crippen LogP contribution in [0.2, 0.25) is 0 Å². The second-order valence-corrected chi connectivity index (χ2v) is 6.24. The van der Waals surface area contributed by atoms with Crippen LogP contribution in [-0.4, -0.2) is 24.6 Å². The van der Waals surface area contributed by atoms with Crippen molar-refractivity contribution in [1.29, 1.82) is 0 Å². The van der Waals surface area contributed by atoms with E-state index in [0.29, 0.717) is 0 Å². The maximum absolute atomic E-state index is 10.7. The van der Waals surface area contributed by atoms with Gasteiger partial charge in [0.15, 0.2) is 0 Å². The zero-order valence-electron chi connectivity index (χ0n) is 12.1. The maximum atomic E-state index is 10.7. The first-order chi connectivity index (χ1) is 10.2. The molecular formula is C16H17N3OS. The highest BCUT2D eigenvalue weighted by atomic mass is 32.2. The van der Waals surface area contributed by atoms with Crippen molar-refractivity contribution in [1.82, 2.24) is 5.01 Å². The number of hydrogen-bond acceptors (Lipinski definition) is 4. The smallest absolute Gasteiger partial charge is 0.0650 e. The normalized spacial score (nSPS) is 14.1. The van der Waals surface area contributed by atoms with E-state index >= 15 is 0 Å². The van der Waals surface area contributed by atoms with Gasteiger partial charge in [-0.1, -0.05) is 36.0 Å². The first-order valence-corrected chi connectivity index (χ1v) is 7.72. The lowest BCUT2D eigenvalue weighted by Gasteiger charge is -2.35. The number of likely N-dealkylation sites (N-methyl/N-ethyl adjacent to an activating group) is 1. The molecular weight excluding hydrogens is 282 g/mol. The molecule has 0 radical (unpaired) electrons. The van der Waals surface area contributed by atoms with E-state index in [1.807, 2.05) is 19.1 Å². The summed E-state index contributed by atoms with van der Waals surface area (Å²) in [6.07, 6.45) is 0. The molecule has 0 unspecified atom stereocenters. The summed E-state index contributed by atoms with van der Waals surface area (Å²) in [5.74, 6) is 0. The van der Waals surface area contributed by atoms with E-state index < -0.39 is 0 Å². The first-order valence-electron chi connectivity index (χ1n) is 6.90. The predicted octanol–water partition coefficient (Wildman–Crippen LogP) is 4.29. The van der Waals surface area contributed by atoms with Crippen LogP contribution in [0, 0.1) is 4.91 Å². The molecule has 0 fully saturated rings. The van der Waals surface area contributed by atoms with Gasteiger partial charge in [-0.05, 0) is 31.2 Å². The Morgan fingerprint density at radius 2 is 1.62 bits per heavy atom. The van der Waals surface area contributed by atoms with Crippen LogP contribution in [0.15, 0.2) is 63.6 Å². The molecule has 4 nitrogen and oxygen atoms in total. The van der Waals surface area contributed by atoms with Crippen LogP contribution >= 0.6 is 11.8 Å². The highest BCUT2D eigenvalue weighted by Gasteiger charge is 2.25. The lowest BCUT2D eigenvalue weighted by molar-refractivity contribution is 0.271. The minimum atomic E-state index is 0.0340. The lowest BCUT2D eigenvalue weighted by Crippen LogP contribution is -2.36. The van der Waals surface area contributed by atoms with E-state index in [1.54, 1.807) is 18.8 Å². The van der Waals surface area contributed by atoms with Gasteiger partial charge in [0.1, 0.15) is 0 Å². The first kappa shape index (κ1) is 13.9. The number of benzene rings is 2. The van der Waals surface area contributed by atoms with Gasteiger partial charge in [0.25, 0.3) is 0 Å². The van der Waals surface area contributed by atoms with E-state index in [2.05, 4.69) is 46.6 Å². The van der Waals surface area contributed by atoms with E-state index in [1.165, 1.54) is 26.2 Å². The van der Waals surface area contributed by atoms with Crippen molar-refractivity contribution in [2.24, 2.45) is 5.29 Å². The van der Waals surface area contributed by atoms with Gasteiger partial charge in [-0.2, -0.15) is 0 Å². The zero-order chi connectivity index (χ0) is 14.8. The summed E-state index contributed by atoms with van der Waals surface area (Å²) < 4.78 is 0. The quantitative estimate of drug-likeness (QED) is 0.623. The van der Waals surface area contributed by atoms with Gasteiger partial charge >= 0.3 is 0 Å². The van der Waals surface area contributed by atoms with Crippen molar-refractivity contribution < 1.29 is 0 Å². The second kappa shape index (κ2) is 5.77. The molecule has 0 aromatic heterocycles. The van der Waals surface area contributed by atoms with Crippen LogP contribution in [0.1, 0.15) is 6.92 Å². The third-order valence-corrected chi connectivity index (χ3v) is 4.88. The fraction of sp³-hybridized carbons (Fsp3) is 0.250. The molecule has 1 aliphatic rings. The molecule has 0 amide bonds. The Balaban J connectivity index is 2.00. The second-order valence-electron chi connectivity index (χ2n) is 5.15. The third kappa shape index (κ3) is 2.61. The largest absolute Gasteiger partial charge is 0.337 e. The number of fused-ring (bicyclic) bond motifs is 2. The highest BCUT2D eigenvalue weighted by molar-refractivity contribution is 7.99. The third-order valence-electron chi connectivity index (χ3n) is 3.75. The van der Waals surface area contributed by atoms with Gasteiger partial charge in [-0.3, -0.25) is 5.01 Å². The van der Waals surface area contributed by atoms with Gasteiger partial charge in [-0.15, -0.1) is 4.91 Å². The monoisotopic (exact) mass is 299 g/mol. The van der Waals surface area contributed by atoms with Crippen molar-refractivity contribution in [2.75, 3.05) is 18.5 Å². The van der Waals surface area contributed by atoms with Crippen LogP contribution in [0.3, 0.4) is 0 Å². The molecule has 1 heterocycles. The summed E-state index contributed by atoms with van der Waals surface area (Å²) in [6, 6.07) is 16.8. The maximum Gasteiger partial charge on any atom is 0.0650 e. The molecule has 108 valence electrons. The molecule has 0 aliphatic carbocycles. The Hall–Kier alpha value is -2.01. The van der Waals surface area contributed by atoms with Crippen molar-refractivity contribution in [3.8, 4) is 0 Å². The van der Waals surface area contributed by atoms with E-state index in [-0.39, 0.29) is 6.04 Å². The summed E-state index contributed by atoms with van der Waals surface area (Å²) in [6.45, 7) is 2.73. The molecule has 0 saturated carbocycles. The average Bonchev–Trinajstić information content (AvgIpc) is 2.53. The molecule has 21 heavy (non-hydrogen) atoms. The topological polar surface area (TPSA) is 35.9 Å². The molecule has 1 atom stereocenters. The van der Waals surface area contributed by atoms with Gasteiger partial charge in [-0.25, -0.2) is 0 Å². The standard InChI is InChI=1S/C16H17N3OS/c1-12(18(2)17-20)11-19-13-7-3-5-9-15(13)21-16-10-6-4-8-14(16)19/h3-10,12H,11H2,1-2H3/t12-/m1/s1. The lowest BCUT2D eigenvalue weighted by atomic mass is 10.2. The van der Waals surface area contributed by atoms with Crippen molar-refractivity contribution in [3.05, 3.63) is 53.4 Å². The zero-order valence-corrected chi connectivity index (χ0v) is 12.9. The summed E-state index contributed by atoms with van der Waals surface area (Å²) in [7, 11) is 1.72. The Kier molecular flexibility index (Phi) is 3.84. The van der Waals surface area contributed by atoms with E-state index in [9.17, 15) is 4.91 Å². The molecule has 2 aromatic rings. The van der Waals surface area contributed by atoms with Crippen LogP contribution in [0.25, 0.3) is 0 Å². The molecule has 0 spiro atoms. The van der Waals surface area contributed by atoms with Gasteiger partial charge in [0.05, 0.1) is 22.7 Å². The van der Waals surface area contributed by atoms with Crippen molar-refractivity contribution >= 4 is 23.1 Å². The Labute approximate surface area is 128 Å². The minimum Gasteiger partial charge on any atom is -0.337 e. The highest BCUT2D eigenvalue weighted by Crippen LogP contribution is 2.47. The van der Waals surface area contributed by atoms with Crippen LogP contribution in [0.4, 0.5) is 11.4 Å². The van der Waals surface area contributed by atoms with Crippen LogP contribution in [-0.2, 0) is 0 Å². The molecule has 0 N–H and O–H groups in total. The molecule has 1 aliphatic heterocycles. The van der Waals surface area contributed by atoms with Gasteiger partial charge in [0.2, 0.25) is 0 Å². The fourth-order valence-corrected chi connectivity index (χ4v) is 3.54. The van der Waals surface area contributed by atoms with Crippen LogP contribution in [0.5, 0.6) is 0 Å². The fourth-order valence-electron chi connectivity index (χ4n) is 2.44. The summed E-state index contributed by atoms with van der Waals surface area (Å²) in [5, 5.41) is 4.48. The number of para-hydroxylation sites is 2. The number of anilines is 2. The number of nitrogens with zero attached hydrogens (tertiary/aromatic N) is 3. The van der Waals surface area contributed by atoms with E-state index in [4.69, 9.17) is 0 Å². The van der Waals surface area contributed by atoms with Gasteiger partial charge in [0, 0.05) is 23.4 Å². The van der Waals surface area contributed by atoms with Crippen molar-refractivity contribution in [2.45, 2.75) is 22.8 Å². The number of nitroso groups, excluding NO2 is 1. The van der Waals surface area contributed by atoms with Gasteiger partial charge < -0.3 is 4.90 Å². The Morgan fingerprint density at radius 3 is 2.14 bits per heavy atom. The predicted molar refractivity (Wildman–Crippen MR) is 87.0 cm³/mol. The molecule has 5 heteroatoms. The average molecular weight is 299 g/mol. The summed E-state index contributed by atoms with van der Waals surface area (Å²) in [5.41, 5.74) is 2.37. The minimum absolute atomic E-state index is 0.0340. The van der Waals surface area contributed by atoms with E-state index in [0.717, 1.165) is 6.54 Å². The molecule has 2 aromatic carbocycles. The number of hydrogen-bond donors (Lipinski definition) is 0. The van der Waals surface area contributed by atoms with Crippen LogP contribution < -0.4 is 4.90 Å². The van der Waals surface area contributed by atoms with Crippen molar-refractivity contribution in [3.63, 3.8) is 0 Å². The molecule has 0 saturated heterocycles. The molecule has 3 rings (SSSR count). The Bertz CT molecular complexity index is 616. The SMILES string of the molecule is C[C@H](CN1c2ccccc2Sc2ccccc21)N(C)N=O. The summed E-state index contributed by atoms with van der Waals surface area (Å²) >= 11 is 1.79. The number of rotatable bonds is 4. The molecule has 0 bridgehead atoms. The Morgan fingerprint density at radius 1 is 1.10 bits per heavy atom.